The van der Waals surface area contributed by atoms with Gasteiger partial charge in [-0.15, -0.1) is 0 Å². The Balaban J connectivity index is 1.94. The number of nitrogens with one attached hydrogen (secondary N) is 1. The molecule has 0 aromatic heterocycles. The van der Waals surface area contributed by atoms with Crippen LogP contribution in [0.25, 0.3) is 0 Å². The van der Waals surface area contributed by atoms with Gasteiger partial charge in [-0.2, -0.15) is 0 Å². The normalized spacial score (nSPS) is 28.8. The van der Waals surface area contributed by atoms with Crippen LogP contribution in [0, 0.1) is 0 Å². The zero-order valence-electron chi connectivity index (χ0n) is 8.75. The van der Waals surface area contributed by atoms with E-state index < -0.39 is 0 Å². The lowest BCUT2D eigenvalue weighted by molar-refractivity contribution is 0.0562. The highest BCUT2D eigenvalue weighted by Gasteiger charge is 2.20. The second-order valence-corrected chi connectivity index (χ2v) is 3.71. The maximum absolute atomic E-state index is 5.69. The van der Waals surface area contributed by atoms with E-state index in [-0.39, 0.29) is 0 Å². The van der Waals surface area contributed by atoms with Crippen molar-refractivity contribution in [2.24, 2.45) is 0 Å². The first-order valence-electron chi connectivity index (χ1n) is 5.30. The molecule has 0 bridgehead atoms. The smallest absolute Gasteiger partial charge is 0.0704 e. The van der Waals surface area contributed by atoms with Crippen LogP contribution in [0.5, 0.6) is 0 Å². The van der Waals surface area contributed by atoms with Gasteiger partial charge in [-0.1, -0.05) is 12.2 Å². The van der Waals surface area contributed by atoms with Gasteiger partial charge >= 0.3 is 0 Å². The predicted octanol–water partition coefficient (Wildman–Crippen LogP) is 2.11. The number of allylic oxidation sites excluding steroid dienone is 1. The van der Waals surface area contributed by atoms with E-state index >= 15 is 0 Å². The lowest BCUT2D eigenvalue weighted by Gasteiger charge is -2.11. The van der Waals surface area contributed by atoms with Gasteiger partial charge < -0.3 is 10.1 Å². The van der Waals surface area contributed by atoms with Crippen LogP contribution >= 0.6 is 0 Å². The van der Waals surface area contributed by atoms with Crippen LogP contribution in [-0.2, 0) is 4.74 Å². The van der Waals surface area contributed by atoms with Crippen LogP contribution in [0.15, 0.2) is 12.2 Å². The molecule has 1 N–H and O–H groups in total. The molecule has 0 spiro atoms. The fourth-order valence-electron chi connectivity index (χ4n) is 1.65. The average molecular weight is 183 g/mol. The van der Waals surface area contributed by atoms with E-state index in [9.17, 15) is 0 Å². The van der Waals surface area contributed by atoms with Crippen LogP contribution < -0.4 is 5.32 Å². The summed E-state index contributed by atoms with van der Waals surface area (Å²) >= 11 is 0. The molecule has 1 aliphatic rings. The molecule has 2 nitrogen and oxygen atoms in total. The van der Waals surface area contributed by atoms with Gasteiger partial charge in [0.15, 0.2) is 0 Å². The quantitative estimate of drug-likeness (QED) is 0.520. The zero-order valence-corrected chi connectivity index (χ0v) is 8.75. The van der Waals surface area contributed by atoms with Crippen molar-refractivity contribution in [1.82, 2.24) is 5.32 Å². The molecule has 76 valence electrons. The summed E-state index contributed by atoms with van der Waals surface area (Å²) in [6.45, 7) is 6.29. The van der Waals surface area contributed by atoms with Gasteiger partial charge in [-0.05, 0) is 39.7 Å². The molecule has 1 saturated heterocycles. The summed E-state index contributed by atoms with van der Waals surface area (Å²) in [4.78, 5) is 0. The topological polar surface area (TPSA) is 21.3 Å². The molecule has 1 aliphatic heterocycles. The molecular formula is C11H21NO. The molecule has 0 saturated carbocycles. The summed E-state index contributed by atoms with van der Waals surface area (Å²) in [5, 5.41) is 3.41. The van der Waals surface area contributed by atoms with Gasteiger partial charge in [-0.3, -0.25) is 0 Å². The highest BCUT2D eigenvalue weighted by atomic mass is 16.5. The molecule has 2 atom stereocenters. The largest absolute Gasteiger partial charge is 0.374 e. The summed E-state index contributed by atoms with van der Waals surface area (Å²) in [6, 6.07) is 0. The van der Waals surface area contributed by atoms with E-state index in [0.717, 1.165) is 19.5 Å². The third-order valence-electron chi connectivity index (χ3n) is 2.42. The Morgan fingerprint density at radius 2 is 2.31 bits per heavy atom. The standard InChI is InChI=1S/C11H21NO/c1-3-4-5-8-12-9-11-7-6-10(2)13-11/h3-4,10-12H,5-9H2,1-2H3/b4-3+. The maximum Gasteiger partial charge on any atom is 0.0704 e. The van der Waals surface area contributed by atoms with E-state index in [2.05, 4.69) is 31.3 Å². The maximum atomic E-state index is 5.69. The van der Waals surface area contributed by atoms with Crippen molar-refractivity contribution in [3.63, 3.8) is 0 Å². The van der Waals surface area contributed by atoms with E-state index in [1.807, 2.05) is 0 Å². The molecule has 13 heavy (non-hydrogen) atoms. The molecule has 1 rings (SSSR count). The monoisotopic (exact) mass is 183 g/mol. The van der Waals surface area contributed by atoms with Crippen LogP contribution in [0.4, 0.5) is 0 Å². The Morgan fingerprint density at radius 3 is 2.92 bits per heavy atom. The van der Waals surface area contributed by atoms with Gasteiger partial charge in [0.2, 0.25) is 0 Å². The predicted molar refractivity (Wildman–Crippen MR) is 55.9 cm³/mol. The van der Waals surface area contributed by atoms with Crippen molar-refractivity contribution >= 4 is 0 Å². The van der Waals surface area contributed by atoms with Crippen LogP contribution in [0.3, 0.4) is 0 Å². The first-order valence-corrected chi connectivity index (χ1v) is 5.30. The highest BCUT2D eigenvalue weighted by Crippen LogP contribution is 2.17. The van der Waals surface area contributed by atoms with Crippen molar-refractivity contribution in [3.8, 4) is 0 Å². The molecule has 0 aromatic rings. The minimum atomic E-state index is 0.459. The number of rotatable bonds is 5. The lowest BCUT2D eigenvalue weighted by Crippen LogP contribution is -2.27. The third kappa shape index (κ3) is 4.44. The number of ether oxygens (including phenoxy) is 1. The zero-order chi connectivity index (χ0) is 9.52. The summed E-state index contributed by atoms with van der Waals surface area (Å²) in [7, 11) is 0. The minimum Gasteiger partial charge on any atom is -0.374 e. The molecule has 0 aromatic carbocycles. The Morgan fingerprint density at radius 1 is 1.46 bits per heavy atom. The summed E-state index contributed by atoms with van der Waals surface area (Å²) in [5.41, 5.74) is 0. The summed E-state index contributed by atoms with van der Waals surface area (Å²) < 4.78 is 5.69. The summed E-state index contributed by atoms with van der Waals surface area (Å²) in [5.74, 6) is 0. The second kappa shape index (κ2) is 6.17. The second-order valence-electron chi connectivity index (χ2n) is 3.71. The van der Waals surface area contributed by atoms with Gasteiger partial charge in [-0.25, -0.2) is 0 Å². The Labute approximate surface area is 81.4 Å². The van der Waals surface area contributed by atoms with Crippen molar-refractivity contribution in [2.45, 2.75) is 45.3 Å². The first-order chi connectivity index (χ1) is 6.33. The minimum absolute atomic E-state index is 0.459. The van der Waals surface area contributed by atoms with E-state index in [1.54, 1.807) is 0 Å². The highest BCUT2D eigenvalue weighted by molar-refractivity contribution is 4.78. The van der Waals surface area contributed by atoms with Gasteiger partial charge in [0.25, 0.3) is 0 Å². The van der Waals surface area contributed by atoms with Gasteiger partial charge in [0.1, 0.15) is 0 Å². The molecule has 0 amide bonds. The van der Waals surface area contributed by atoms with Crippen LogP contribution in [0.2, 0.25) is 0 Å². The van der Waals surface area contributed by atoms with Crippen molar-refractivity contribution in [1.29, 1.82) is 0 Å². The Bertz CT molecular complexity index is 156. The van der Waals surface area contributed by atoms with Crippen molar-refractivity contribution in [3.05, 3.63) is 12.2 Å². The van der Waals surface area contributed by atoms with Crippen molar-refractivity contribution < 1.29 is 4.74 Å². The van der Waals surface area contributed by atoms with Gasteiger partial charge in [0, 0.05) is 6.54 Å². The molecule has 0 aliphatic carbocycles. The third-order valence-corrected chi connectivity index (χ3v) is 2.42. The Kier molecular flexibility index (Phi) is 5.09. The van der Waals surface area contributed by atoms with E-state index in [1.165, 1.54) is 12.8 Å². The molecule has 1 fully saturated rings. The number of hydrogen-bond donors (Lipinski definition) is 1. The van der Waals surface area contributed by atoms with E-state index in [4.69, 9.17) is 4.74 Å². The first kappa shape index (κ1) is 10.7. The van der Waals surface area contributed by atoms with Crippen LogP contribution in [0.1, 0.15) is 33.1 Å². The molecule has 2 unspecified atom stereocenters. The fourth-order valence-corrected chi connectivity index (χ4v) is 1.65. The van der Waals surface area contributed by atoms with Crippen molar-refractivity contribution in [2.75, 3.05) is 13.1 Å². The van der Waals surface area contributed by atoms with Crippen LogP contribution in [-0.4, -0.2) is 25.3 Å². The summed E-state index contributed by atoms with van der Waals surface area (Å²) in [6.07, 6.45) is 8.78. The van der Waals surface area contributed by atoms with Gasteiger partial charge in [0.05, 0.1) is 12.2 Å². The lowest BCUT2D eigenvalue weighted by atomic mass is 10.2. The molecule has 2 heteroatoms. The van der Waals surface area contributed by atoms with E-state index in [0.29, 0.717) is 12.2 Å². The SMILES string of the molecule is C/C=C/CCNCC1CCC(C)O1. The number of hydrogen-bond acceptors (Lipinski definition) is 2. The molecular weight excluding hydrogens is 162 g/mol. The molecule has 1 heterocycles. The Hall–Kier alpha value is -0.340. The average Bonchev–Trinajstić information content (AvgIpc) is 2.51. The fraction of sp³-hybridized carbons (Fsp3) is 0.818. The molecule has 0 radical (unpaired) electrons.